The van der Waals surface area contributed by atoms with Gasteiger partial charge in [0.15, 0.2) is 0 Å². The van der Waals surface area contributed by atoms with Crippen LogP contribution in [0.25, 0.3) is 33.0 Å². The maximum Gasteiger partial charge on any atom is 0.259 e. The van der Waals surface area contributed by atoms with E-state index in [0.717, 1.165) is 62.2 Å². The first-order valence-electron chi connectivity index (χ1n) is 11.1. The van der Waals surface area contributed by atoms with Crippen LogP contribution in [0.5, 0.6) is 0 Å². The van der Waals surface area contributed by atoms with Gasteiger partial charge in [-0.05, 0) is 68.9 Å². The lowest BCUT2D eigenvalue weighted by Crippen LogP contribution is -2.22. The highest BCUT2D eigenvalue weighted by molar-refractivity contribution is 7.98. The molecule has 3 N–H and O–H groups in total. The molecule has 1 aliphatic heterocycles. The lowest BCUT2D eigenvalue weighted by molar-refractivity contribution is -0.122. The third-order valence-electron chi connectivity index (χ3n) is 6.27. The molecule has 174 valence electrons. The van der Waals surface area contributed by atoms with Crippen LogP contribution in [0, 0.1) is 0 Å². The maximum absolute atomic E-state index is 13.2. The number of aromatic nitrogens is 2. The Balaban J connectivity index is 1.76. The predicted molar refractivity (Wildman–Crippen MR) is 142 cm³/mol. The molecule has 4 aromatic rings. The van der Waals surface area contributed by atoms with Gasteiger partial charge in [-0.15, -0.1) is 23.5 Å². The Morgan fingerprint density at radius 1 is 0.912 bits per heavy atom. The number of nitrogens with zero attached hydrogens (tertiary/aromatic N) is 1. The number of H-pyrrole nitrogens is 1. The van der Waals surface area contributed by atoms with Crippen molar-refractivity contribution >= 4 is 68.3 Å². The number of fused-ring (bicyclic) bond motifs is 2. The van der Waals surface area contributed by atoms with Gasteiger partial charge in [0.05, 0.1) is 11.1 Å². The minimum absolute atomic E-state index is 0.348. The molecule has 0 saturated heterocycles. The number of rotatable bonds is 8. The van der Waals surface area contributed by atoms with Crippen molar-refractivity contribution in [3.05, 3.63) is 59.9 Å². The Morgan fingerprint density at radius 2 is 1.59 bits per heavy atom. The molecule has 2 aromatic heterocycles. The molecule has 5 rings (SSSR count). The van der Waals surface area contributed by atoms with E-state index in [9.17, 15) is 9.59 Å². The number of carbonyl (C=O) groups is 2. The molecule has 2 amide bonds. The van der Waals surface area contributed by atoms with Crippen molar-refractivity contribution < 1.29 is 9.59 Å². The van der Waals surface area contributed by atoms with Crippen molar-refractivity contribution in [3.63, 3.8) is 0 Å². The van der Waals surface area contributed by atoms with Crippen molar-refractivity contribution in [3.8, 4) is 0 Å². The smallest absolute Gasteiger partial charge is 0.259 e. The fourth-order valence-corrected chi connectivity index (χ4v) is 5.50. The fraction of sp³-hybridized carbons (Fsp3) is 0.231. The van der Waals surface area contributed by atoms with Crippen LogP contribution >= 0.6 is 23.5 Å². The zero-order chi connectivity index (χ0) is 23.8. The Hall–Kier alpha value is -2.94. The number of hydrogen-bond acceptors (Lipinski definition) is 5. The van der Waals surface area contributed by atoms with Crippen LogP contribution in [0.15, 0.2) is 58.6 Å². The van der Waals surface area contributed by atoms with E-state index in [0.29, 0.717) is 11.1 Å². The van der Waals surface area contributed by atoms with E-state index >= 15 is 0 Å². The third-order valence-corrected chi connectivity index (χ3v) is 7.72. The SMILES string of the molecule is CNCCCn1cc(C2=C(c3c[nH]c4ccc(SC)cc34)C(=O)NC2=O)c2cc(SC)ccc21. The van der Waals surface area contributed by atoms with Gasteiger partial charge in [0.1, 0.15) is 0 Å². The second-order valence-corrected chi connectivity index (χ2v) is 9.98. The summed E-state index contributed by atoms with van der Waals surface area (Å²) in [6.45, 7) is 1.72. The Morgan fingerprint density at radius 3 is 2.29 bits per heavy atom. The van der Waals surface area contributed by atoms with Gasteiger partial charge in [-0.3, -0.25) is 14.9 Å². The number of thioether (sulfide) groups is 2. The van der Waals surface area contributed by atoms with Crippen LogP contribution in [0.2, 0.25) is 0 Å². The summed E-state index contributed by atoms with van der Waals surface area (Å²) in [4.78, 5) is 31.8. The number of nitrogens with one attached hydrogen (secondary N) is 3. The molecule has 34 heavy (non-hydrogen) atoms. The molecular weight excluding hydrogens is 464 g/mol. The average Bonchev–Trinajstić information content (AvgIpc) is 3.51. The van der Waals surface area contributed by atoms with Gasteiger partial charge in [0, 0.05) is 61.7 Å². The number of aromatic amines is 1. The average molecular weight is 491 g/mol. The van der Waals surface area contributed by atoms with E-state index in [-0.39, 0.29) is 11.8 Å². The summed E-state index contributed by atoms with van der Waals surface area (Å²) in [5, 5.41) is 7.67. The van der Waals surface area contributed by atoms with Crippen molar-refractivity contribution in [2.45, 2.75) is 22.8 Å². The first-order valence-corrected chi connectivity index (χ1v) is 13.6. The van der Waals surface area contributed by atoms with Crippen LogP contribution < -0.4 is 10.6 Å². The number of aryl methyl sites for hydroxylation is 1. The summed E-state index contributed by atoms with van der Waals surface area (Å²) in [5.41, 5.74) is 4.41. The number of amides is 2. The quantitative estimate of drug-likeness (QED) is 0.189. The van der Waals surface area contributed by atoms with Gasteiger partial charge in [-0.25, -0.2) is 0 Å². The number of imide groups is 1. The first-order chi connectivity index (χ1) is 16.5. The predicted octanol–water partition coefficient (Wildman–Crippen LogP) is 4.74. The van der Waals surface area contributed by atoms with E-state index in [2.05, 4.69) is 44.5 Å². The highest BCUT2D eigenvalue weighted by atomic mass is 32.2. The van der Waals surface area contributed by atoms with Crippen LogP contribution in [0.1, 0.15) is 17.5 Å². The lowest BCUT2D eigenvalue weighted by Gasteiger charge is -2.05. The van der Waals surface area contributed by atoms with Crippen molar-refractivity contribution in [1.82, 2.24) is 20.2 Å². The number of benzene rings is 2. The molecule has 0 atom stereocenters. The standard InChI is InChI=1S/C26H26N4O2S2/c1-27-9-4-10-30-14-20(18-12-16(34-3)6-8-22(18)30)24-23(25(31)29-26(24)32)19-13-28-21-7-5-15(33-2)11-17(19)21/h5-8,11-14,27-28H,4,9-10H2,1-3H3,(H,29,31,32). The number of hydrogen-bond donors (Lipinski definition) is 3. The summed E-state index contributed by atoms with van der Waals surface area (Å²) >= 11 is 3.31. The highest BCUT2D eigenvalue weighted by Gasteiger charge is 2.35. The molecule has 1 aliphatic rings. The van der Waals surface area contributed by atoms with Gasteiger partial charge in [0.25, 0.3) is 11.8 Å². The monoisotopic (exact) mass is 490 g/mol. The minimum atomic E-state index is -0.354. The highest BCUT2D eigenvalue weighted by Crippen LogP contribution is 2.39. The molecular formula is C26H26N4O2S2. The van der Waals surface area contributed by atoms with E-state index < -0.39 is 0 Å². The van der Waals surface area contributed by atoms with Crippen molar-refractivity contribution in [2.75, 3.05) is 26.1 Å². The molecule has 0 fully saturated rings. The van der Waals surface area contributed by atoms with Crippen LogP contribution in [0.3, 0.4) is 0 Å². The largest absolute Gasteiger partial charge is 0.361 e. The summed E-state index contributed by atoms with van der Waals surface area (Å²) in [6, 6.07) is 12.5. The third kappa shape index (κ3) is 3.85. The molecule has 6 nitrogen and oxygen atoms in total. The second kappa shape index (κ2) is 9.37. The molecule has 2 aromatic carbocycles. The normalized spacial score (nSPS) is 14.1. The Bertz CT molecular complexity index is 1460. The van der Waals surface area contributed by atoms with Crippen LogP contribution in [0.4, 0.5) is 0 Å². The lowest BCUT2D eigenvalue weighted by atomic mass is 9.95. The summed E-state index contributed by atoms with van der Waals surface area (Å²) < 4.78 is 2.19. The molecule has 0 unspecified atom stereocenters. The van der Waals surface area contributed by atoms with Crippen LogP contribution in [-0.2, 0) is 16.1 Å². The van der Waals surface area contributed by atoms with E-state index in [4.69, 9.17) is 0 Å². The van der Waals surface area contributed by atoms with E-state index in [1.807, 2.05) is 44.1 Å². The van der Waals surface area contributed by atoms with E-state index in [1.54, 1.807) is 23.5 Å². The molecule has 8 heteroatoms. The van der Waals surface area contributed by atoms with Crippen LogP contribution in [-0.4, -0.2) is 47.5 Å². The minimum Gasteiger partial charge on any atom is -0.361 e. The first kappa shape index (κ1) is 22.8. The molecule has 0 saturated carbocycles. The molecule has 0 radical (unpaired) electrons. The van der Waals surface area contributed by atoms with Gasteiger partial charge in [0.2, 0.25) is 0 Å². The topological polar surface area (TPSA) is 78.9 Å². The maximum atomic E-state index is 13.2. The zero-order valence-corrected chi connectivity index (χ0v) is 21.0. The molecule has 0 aliphatic carbocycles. The number of carbonyl (C=O) groups excluding carboxylic acids is 2. The van der Waals surface area contributed by atoms with Gasteiger partial charge in [-0.1, -0.05) is 0 Å². The van der Waals surface area contributed by atoms with Crippen molar-refractivity contribution in [2.24, 2.45) is 0 Å². The molecule has 3 heterocycles. The summed E-state index contributed by atoms with van der Waals surface area (Å²) in [7, 11) is 1.94. The Labute approximate surface area is 206 Å². The van der Waals surface area contributed by atoms with Crippen molar-refractivity contribution in [1.29, 1.82) is 0 Å². The molecule has 0 bridgehead atoms. The summed E-state index contributed by atoms with van der Waals surface area (Å²) in [5.74, 6) is -0.702. The van der Waals surface area contributed by atoms with Gasteiger partial charge >= 0.3 is 0 Å². The second-order valence-electron chi connectivity index (χ2n) is 8.22. The fourth-order valence-electron chi connectivity index (χ4n) is 4.62. The van der Waals surface area contributed by atoms with E-state index in [1.165, 1.54) is 0 Å². The molecule has 0 spiro atoms. The van der Waals surface area contributed by atoms with Gasteiger partial charge < -0.3 is 14.9 Å². The van der Waals surface area contributed by atoms with Gasteiger partial charge in [-0.2, -0.15) is 0 Å². The Kier molecular flexibility index (Phi) is 6.29. The zero-order valence-electron chi connectivity index (χ0n) is 19.3. The summed E-state index contributed by atoms with van der Waals surface area (Å²) in [6.07, 6.45) is 8.88.